The van der Waals surface area contributed by atoms with Crippen LogP contribution in [0.25, 0.3) is 0 Å². The number of aromatic nitrogens is 3. The summed E-state index contributed by atoms with van der Waals surface area (Å²) in [6, 6.07) is 6.35. The standard InChI is InChI=1S/C16H16F2N4O3/c17-13(18)7-22-14(19-9-20-22)8-25-16(24)11-2-1-3-12(6-11)21-15(23)10-4-5-10/h1-3,6,9-10,13H,4-5,7-8H2,(H,21,23). The Hall–Kier alpha value is -2.84. The van der Waals surface area contributed by atoms with Gasteiger partial charge in [0.25, 0.3) is 6.43 Å². The number of nitrogens with zero attached hydrogens (tertiary/aromatic N) is 3. The number of hydrogen-bond acceptors (Lipinski definition) is 5. The van der Waals surface area contributed by atoms with Crippen molar-refractivity contribution in [3.8, 4) is 0 Å². The maximum absolute atomic E-state index is 12.4. The van der Waals surface area contributed by atoms with Crippen LogP contribution < -0.4 is 5.32 Å². The molecule has 1 aliphatic rings. The van der Waals surface area contributed by atoms with Crippen LogP contribution in [0.5, 0.6) is 0 Å². The van der Waals surface area contributed by atoms with E-state index < -0.39 is 18.9 Å². The Bertz CT molecular complexity index is 774. The molecular weight excluding hydrogens is 334 g/mol. The minimum Gasteiger partial charge on any atom is -0.454 e. The zero-order chi connectivity index (χ0) is 17.8. The molecule has 1 saturated carbocycles. The van der Waals surface area contributed by atoms with Gasteiger partial charge in [-0.25, -0.2) is 23.2 Å². The number of amides is 1. The van der Waals surface area contributed by atoms with E-state index in [1.165, 1.54) is 6.07 Å². The highest BCUT2D eigenvalue weighted by Crippen LogP contribution is 2.30. The van der Waals surface area contributed by atoms with Crippen molar-refractivity contribution < 1.29 is 23.1 Å². The minimum absolute atomic E-state index is 0.0526. The van der Waals surface area contributed by atoms with Crippen LogP contribution in [0, 0.1) is 5.92 Å². The summed E-state index contributed by atoms with van der Waals surface area (Å²) in [5.41, 5.74) is 0.751. The van der Waals surface area contributed by atoms with Gasteiger partial charge in [-0.2, -0.15) is 5.10 Å². The monoisotopic (exact) mass is 350 g/mol. The largest absolute Gasteiger partial charge is 0.454 e. The van der Waals surface area contributed by atoms with Crippen molar-refractivity contribution in [3.63, 3.8) is 0 Å². The maximum Gasteiger partial charge on any atom is 0.338 e. The molecule has 3 rings (SSSR count). The zero-order valence-electron chi connectivity index (χ0n) is 13.2. The molecule has 2 aromatic rings. The Morgan fingerprint density at radius 3 is 2.88 bits per heavy atom. The molecule has 132 valence electrons. The summed E-state index contributed by atoms with van der Waals surface area (Å²) in [6.45, 7) is -0.889. The lowest BCUT2D eigenvalue weighted by molar-refractivity contribution is -0.117. The number of alkyl halides is 2. The minimum atomic E-state index is -2.58. The van der Waals surface area contributed by atoms with Crippen molar-refractivity contribution in [2.75, 3.05) is 5.32 Å². The van der Waals surface area contributed by atoms with Crippen molar-refractivity contribution in [3.05, 3.63) is 42.0 Å². The second-order valence-electron chi connectivity index (χ2n) is 5.67. The second-order valence-corrected chi connectivity index (χ2v) is 5.67. The Labute approximate surface area is 142 Å². The highest BCUT2D eigenvalue weighted by Gasteiger charge is 2.29. The molecule has 9 heteroatoms. The third kappa shape index (κ3) is 4.59. The normalized spacial score (nSPS) is 13.7. The van der Waals surface area contributed by atoms with Crippen LogP contribution in [0.3, 0.4) is 0 Å². The third-order valence-corrected chi connectivity index (χ3v) is 3.65. The Morgan fingerprint density at radius 2 is 2.16 bits per heavy atom. The number of carbonyl (C=O) groups excluding carboxylic acids is 2. The number of hydrogen-bond donors (Lipinski definition) is 1. The number of anilines is 1. The summed E-state index contributed by atoms with van der Waals surface area (Å²) < 4.78 is 30.9. The molecule has 0 spiro atoms. The van der Waals surface area contributed by atoms with E-state index in [9.17, 15) is 18.4 Å². The molecule has 7 nitrogen and oxygen atoms in total. The maximum atomic E-state index is 12.4. The lowest BCUT2D eigenvalue weighted by Crippen LogP contribution is -2.15. The van der Waals surface area contributed by atoms with E-state index in [0.29, 0.717) is 5.69 Å². The molecule has 1 amide bonds. The summed E-state index contributed by atoms with van der Waals surface area (Å²) in [4.78, 5) is 27.7. The fourth-order valence-corrected chi connectivity index (χ4v) is 2.21. The van der Waals surface area contributed by atoms with Gasteiger partial charge in [0.15, 0.2) is 12.4 Å². The Balaban J connectivity index is 1.59. The smallest absolute Gasteiger partial charge is 0.338 e. The summed E-state index contributed by atoms with van der Waals surface area (Å²) >= 11 is 0. The fourth-order valence-electron chi connectivity index (χ4n) is 2.21. The SMILES string of the molecule is O=C(OCc1ncnn1CC(F)F)c1cccc(NC(=O)C2CC2)c1. The van der Waals surface area contributed by atoms with Gasteiger partial charge in [0.1, 0.15) is 12.9 Å². The first-order valence-electron chi connectivity index (χ1n) is 7.76. The van der Waals surface area contributed by atoms with Gasteiger partial charge < -0.3 is 10.1 Å². The molecule has 0 bridgehead atoms. The fraction of sp³-hybridized carbons (Fsp3) is 0.375. The molecule has 1 aromatic carbocycles. The highest BCUT2D eigenvalue weighted by molar-refractivity contribution is 5.96. The quantitative estimate of drug-likeness (QED) is 0.774. The predicted molar refractivity (Wildman–Crippen MR) is 82.9 cm³/mol. The second kappa shape index (κ2) is 7.37. The molecular formula is C16H16F2N4O3. The van der Waals surface area contributed by atoms with E-state index in [2.05, 4.69) is 15.4 Å². The first kappa shape index (κ1) is 17.0. The van der Waals surface area contributed by atoms with Crippen molar-refractivity contribution in [2.24, 2.45) is 5.92 Å². The van der Waals surface area contributed by atoms with E-state index in [-0.39, 0.29) is 29.8 Å². The summed E-state index contributed by atoms with van der Waals surface area (Å²) in [6.07, 6.45) is 0.308. The van der Waals surface area contributed by atoms with Gasteiger partial charge in [0.2, 0.25) is 5.91 Å². The molecule has 1 aromatic heterocycles. The van der Waals surface area contributed by atoms with Gasteiger partial charge in [0, 0.05) is 11.6 Å². The molecule has 1 aliphatic carbocycles. The van der Waals surface area contributed by atoms with Crippen molar-refractivity contribution in [1.29, 1.82) is 0 Å². The Kier molecular flexibility index (Phi) is 5.01. The summed E-state index contributed by atoms with van der Waals surface area (Å²) in [5, 5.41) is 6.41. The van der Waals surface area contributed by atoms with Gasteiger partial charge in [-0.15, -0.1) is 0 Å². The van der Waals surface area contributed by atoms with E-state index in [4.69, 9.17) is 4.74 Å². The van der Waals surface area contributed by atoms with Crippen molar-refractivity contribution in [1.82, 2.24) is 14.8 Å². The first-order valence-corrected chi connectivity index (χ1v) is 7.76. The number of ether oxygens (including phenoxy) is 1. The van der Waals surface area contributed by atoms with E-state index in [0.717, 1.165) is 23.9 Å². The van der Waals surface area contributed by atoms with Crippen molar-refractivity contribution in [2.45, 2.75) is 32.4 Å². The van der Waals surface area contributed by atoms with E-state index >= 15 is 0 Å². The van der Waals surface area contributed by atoms with E-state index in [1.54, 1.807) is 18.2 Å². The predicted octanol–water partition coefficient (Wildman–Crippen LogP) is 2.25. The van der Waals surface area contributed by atoms with Crippen LogP contribution in [-0.4, -0.2) is 33.1 Å². The summed E-state index contributed by atoms with van der Waals surface area (Å²) in [5.74, 6) is -0.525. The van der Waals surface area contributed by atoms with E-state index in [1.807, 2.05) is 0 Å². The molecule has 1 heterocycles. The summed E-state index contributed by atoms with van der Waals surface area (Å²) in [7, 11) is 0. The van der Waals surface area contributed by atoms with Crippen LogP contribution in [0.2, 0.25) is 0 Å². The number of nitrogens with one attached hydrogen (secondary N) is 1. The molecule has 0 saturated heterocycles. The van der Waals surface area contributed by atoms with Crippen LogP contribution in [0.4, 0.5) is 14.5 Å². The topological polar surface area (TPSA) is 86.1 Å². The van der Waals surface area contributed by atoms with Crippen molar-refractivity contribution >= 4 is 17.6 Å². The third-order valence-electron chi connectivity index (χ3n) is 3.65. The molecule has 25 heavy (non-hydrogen) atoms. The average Bonchev–Trinajstić information content (AvgIpc) is 3.34. The average molecular weight is 350 g/mol. The molecule has 1 fully saturated rings. The molecule has 1 N–H and O–H groups in total. The van der Waals surface area contributed by atoms with Crippen LogP contribution in [-0.2, 0) is 22.7 Å². The van der Waals surface area contributed by atoms with Gasteiger partial charge in [-0.3, -0.25) is 4.79 Å². The number of benzene rings is 1. The van der Waals surface area contributed by atoms with Gasteiger partial charge in [0.05, 0.1) is 5.56 Å². The lowest BCUT2D eigenvalue weighted by Gasteiger charge is -2.08. The number of rotatable bonds is 7. The number of halogens is 2. The van der Waals surface area contributed by atoms with Gasteiger partial charge in [-0.1, -0.05) is 6.07 Å². The zero-order valence-corrected chi connectivity index (χ0v) is 13.2. The Morgan fingerprint density at radius 1 is 1.36 bits per heavy atom. The number of carbonyl (C=O) groups is 2. The van der Waals surface area contributed by atoms with Crippen LogP contribution in [0.1, 0.15) is 29.0 Å². The highest BCUT2D eigenvalue weighted by atomic mass is 19.3. The first-order chi connectivity index (χ1) is 12.0. The molecule has 0 atom stereocenters. The molecule has 0 unspecified atom stereocenters. The van der Waals surface area contributed by atoms with Crippen LogP contribution >= 0.6 is 0 Å². The van der Waals surface area contributed by atoms with Crippen LogP contribution in [0.15, 0.2) is 30.6 Å². The lowest BCUT2D eigenvalue weighted by atomic mass is 10.2. The molecule has 0 radical (unpaired) electrons. The van der Waals surface area contributed by atoms with Gasteiger partial charge >= 0.3 is 5.97 Å². The molecule has 0 aliphatic heterocycles. The number of esters is 1. The van der Waals surface area contributed by atoms with Gasteiger partial charge in [-0.05, 0) is 31.0 Å².